The Labute approximate surface area is 303 Å². The van der Waals surface area contributed by atoms with E-state index in [0.717, 1.165) is 16.6 Å². The third-order valence-electron chi connectivity index (χ3n) is 9.27. The zero-order chi connectivity index (χ0) is 34.5. The van der Waals surface area contributed by atoms with Crippen LogP contribution in [-0.2, 0) is 35.7 Å². The van der Waals surface area contributed by atoms with Crippen LogP contribution in [0.2, 0.25) is 17.3 Å². The molecule has 6 rings (SSSR count). The van der Waals surface area contributed by atoms with E-state index in [1.54, 1.807) is 4.40 Å². The second-order valence-corrected chi connectivity index (χ2v) is 26.1. The number of hydrogen-bond acceptors (Lipinski definition) is 3. The van der Waals surface area contributed by atoms with Crippen molar-refractivity contribution in [3.05, 3.63) is 119 Å². The minimum absolute atomic E-state index is 0. The molecule has 4 aromatic carbocycles. The number of carbonyl (C=O) groups excluding carboxylic acids is 1. The van der Waals surface area contributed by atoms with Crippen LogP contribution in [0.3, 0.4) is 0 Å². The van der Waals surface area contributed by atoms with Crippen molar-refractivity contribution in [3.63, 3.8) is 0 Å². The zero-order valence-corrected chi connectivity index (χ0v) is 34.7. The molecule has 1 aliphatic rings. The smallest absolute Gasteiger partial charge is 0.118 e. The van der Waals surface area contributed by atoms with Crippen LogP contribution in [0.15, 0.2) is 90.8 Å². The molecule has 0 unspecified atom stereocenters. The molecule has 0 fully saturated rings. The third-order valence-corrected chi connectivity index (χ3v) is 13.6. The molecule has 1 aromatic heterocycles. The van der Waals surface area contributed by atoms with Crippen LogP contribution in [0.4, 0.5) is 0 Å². The Hall–Kier alpha value is -3.31. The molecule has 0 bridgehead atoms. The number of carbonyl (C=O) groups is 1. The molecule has 0 amide bonds. The van der Waals surface area contributed by atoms with Crippen molar-refractivity contribution >= 4 is 34.2 Å². The van der Waals surface area contributed by atoms with Crippen LogP contribution in [0.5, 0.6) is 0 Å². The van der Waals surface area contributed by atoms with Gasteiger partial charge in [0.2, 0.25) is 0 Å². The molecule has 48 heavy (non-hydrogen) atoms. The van der Waals surface area contributed by atoms with Gasteiger partial charge in [0.15, 0.2) is 5.78 Å². The maximum absolute atomic E-state index is 10.0. The molecule has 3 nitrogen and oxygen atoms in total. The number of ketones is 1. The summed E-state index contributed by atoms with van der Waals surface area (Å²) in [6.07, 6.45) is 3.15. The summed E-state index contributed by atoms with van der Waals surface area (Å²) in [5, 5.41) is 10.8. The Balaban J connectivity index is 0.000000589. The van der Waals surface area contributed by atoms with Gasteiger partial charge in [-0.25, -0.2) is 0 Å². The van der Waals surface area contributed by atoms with Gasteiger partial charge in [0, 0.05) is 26.2 Å². The number of benzene rings is 4. The molecule has 5 heteroatoms. The van der Waals surface area contributed by atoms with E-state index in [9.17, 15) is 4.79 Å². The number of rotatable bonds is 4. The monoisotopic (exact) mass is 877 g/mol. The van der Waals surface area contributed by atoms with E-state index in [-0.39, 0.29) is 42.5 Å². The molecule has 1 aliphatic carbocycles. The fraction of sp³-hybridized carbons (Fsp3) is 0.302. The number of aliphatic hydroxyl groups excluding tert-OH is 1. The van der Waals surface area contributed by atoms with E-state index in [1.165, 1.54) is 69.8 Å². The first kappa shape index (κ1) is 37.5. The van der Waals surface area contributed by atoms with Crippen molar-refractivity contribution < 1.29 is 30.0 Å². The summed E-state index contributed by atoms with van der Waals surface area (Å²) >= 11 is -1.85. The third kappa shape index (κ3) is 7.32. The minimum Gasteiger partial charge on any atom is -0.118 e. The molecule has 5 aromatic rings. The quantitative estimate of drug-likeness (QED) is 0.0847. The summed E-state index contributed by atoms with van der Waals surface area (Å²) in [5.41, 5.74) is 12.7. The second kappa shape index (κ2) is 13.9. The summed E-state index contributed by atoms with van der Waals surface area (Å²) in [6, 6.07) is 31.0. The van der Waals surface area contributed by atoms with Crippen molar-refractivity contribution in [2.24, 2.45) is 0 Å². The molecular weight excluding hydrogens is 827 g/mol. The molecule has 0 saturated heterocycles. The number of aliphatic hydroxyl groups is 1. The summed E-state index contributed by atoms with van der Waals surface area (Å²) in [6.45, 7) is 16.8. The van der Waals surface area contributed by atoms with E-state index >= 15 is 0 Å². The van der Waals surface area contributed by atoms with E-state index in [4.69, 9.17) is 10.1 Å². The Morgan fingerprint density at radius 3 is 2.04 bits per heavy atom. The number of pyridine rings is 1. The van der Waals surface area contributed by atoms with Gasteiger partial charge in [-0.05, 0) is 19.3 Å². The molecule has 0 atom stereocenters. The zero-order valence-electron chi connectivity index (χ0n) is 30.2. The van der Waals surface area contributed by atoms with E-state index in [0.29, 0.717) is 0 Å². The first-order valence-corrected chi connectivity index (χ1v) is 23.8. The summed E-state index contributed by atoms with van der Waals surface area (Å²) in [5.74, 6) is 7.31. The van der Waals surface area contributed by atoms with Gasteiger partial charge in [0.05, 0.1) is 5.76 Å². The van der Waals surface area contributed by atoms with Gasteiger partial charge in [0.1, 0.15) is 0 Å². The average Bonchev–Trinajstić information content (AvgIpc) is 3.22. The van der Waals surface area contributed by atoms with Crippen molar-refractivity contribution in [1.82, 2.24) is 4.98 Å². The molecule has 251 valence electrons. The number of aromatic nitrogens is 1. The Bertz CT molecular complexity index is 2020. The van der Waals surface area contributed by atoms with Gasteiger partial charge in [-0.2, -0.15) is 0 Å². The normalized spacial score (nSPS) is 13.6. The molecule has 1 radical (unpaired) electrons. The fourth-order valence-corrected chi connectivity index (χ4v) is 9.57. The molecule has 1 N–H and O–H groups in total. The van der Waals surface area contributed by atoms with Crippen molar-refractivity contribution in [2.75, 3.05) is 0 Å². The predicted octanol–water partition coefficient (Wildman–Crippen LogP) is 10.9. The topological polar surface area (TPSA) is 50.2 Å². The number of fused-ring (bicyclic) bond motifs is 4. The van der Waals surface area contributed by atoms with Crippen molar-refractivity contribution in [1.29, 1.82) is 0 Å². The maximum atomic E-state index is 10.0. The van der Waals surface area contributed by atoms with E-state index < -0.39 is 13.3 Å². The van der Waals surface area contributed by atoms with Gasteiger partial charge in [-0.3, -0.25) is 4.79 Å². The van der Waals surface area contributed by atoms with Crippen molar-refractivity contribution in [2.45, 2.75) is 83.5 Å². The minimum atomic E-state index is -1.85. The Morgan fingerprint density at radius 2 is 1.48 bits per heavy atom. The average molecular weight is 876 g/mol. The molecule has 0 saturated carbocycles. The molecule has 0 aliphatic heterocycles. The van der Waals surface area contributed by atoms with Crippen LogP contribution in [0.25, 0.3) is 44.3 Å². The van der Waals surface area contributed by atoms with E-state index in [1.807, 2.05) is 6.20 Å². The first-order valence-electron chi connectivity index (χ1n) is 16.5. The van der Waals surface area contributed by atoms with Gasteiger partial charge >= 0.3 is 177 Å². The van der Waals surface area contributed by atoms with Gasteiger partial charge < -0.3 is 5.11 Å². The van der Waals surface area contributed by atoms with E-state index in [2.05, 4.69) is 138 Å². The van der Waals surface area contributed by atoms with Crippen LogP contribution in [-0.4, -0.2) is 29.1 Å². The van der Waals surface area contributed by atoms with Crippen LogP contribution < -0.4 is 4.40 Å². The SMILES string of the molecule is CC(=O)/C=C(/C)O.Cc1c(-c2cc[c]([Ge]([CH3])([CH3])[CH3])cc2)ccc2c1C(C)(C)c1c-2ccnc1-c1[c-]c2ccccc2c(C(C)(C)C)c1.[Ir]. The van der Waals surface area contributed by atoms with Gasteiger partial charge in [-0.15, -0.1) is 17.0 Å². The number of nitrogens with zero attached hydrogens (tertiary/aromatic N) is 1. The van der Waals surface area contributed by atoms with Crippen LogP contribution in [0.1, 0.15) is 70.7 Å². The predicted molar refractivity (Wildman–Crippen MR) is 202 cm³/mol. The summed E-state index contributed by atoms with van der Waals surface area (Å²) < 4.78 is 1.55. The molecule has 0 spiro atoms. The molecular formula is C43H48GeIrNO2-. The first-order chi connectivity index (χ1) is 21.9. The number of allylic oxidation sites excluding steroid dienone is 2. The van der Waals surface area contributed by atoms with Gasteiger partial charge in [0.25, 0.3) is 0 Å². The van der Waals surface area contributed by atoms with Crippen LogP contribution >= 0.6 is 0 Å². The summed E-state index contributed by atoms with van der Waals surface area (Å²) in [7, 11) is 0. The fourth-order valence-electron chi connectivity index (χ4n) is 7.12. The summed E-state index contributed by atoms with van der Waals surface area (Å²) in [4.78, 5) is 15.1. The van der Waals surface area contributed by atoms with Crippen molar-refractivity contribution in [3.8, 4) is 33.5 Å². The van der Waals surface area contributed by atoms with Crippen LogP contribution in [0, 0.1) is 13.0 Å². The standard InChI is InChI=1S/C38H40GeN.C5H8O2.Ir/c1-24-29(25-14-16-28(17-15-25)39(7,8)9)18-19-31-32-20-21-40-36(35(32)38(5,6)34(24)31)27-22-26-12-10-11-13-30(26)33(23-27)37(2,3)4;1-4(6)3-5(2)7;/h10-21,23H,1-9H3;3,6H,1-2H3;/q-1;;/b;4-3-;. The van der Waals surface area contributed by atoms with Gasteiger partial charge in [-0.1, -0.05) is 44.4 Å². The second-order valence-electron chi connectivity index (χ2n) is 15.5. The Morgan fingerprint density at radius 1 is 0.875 bits per heavy atom. The number of hydrogen-bond donors (Lipinski definition) is 1. The molecule has 1 heterocycles. The Kier molecular flexibility index (Phi) is 10.9.